The highest BCUT2D eigenvalue weighted by Gasteiger charge is 2.28. The maximum atomic E-state index is 14.0. The lowest BCUT2D eigenvalue weighted by Crippen LogP contribution is -2.33. The number of ether oxygens (including phenoxy) is 1. The Morgan fingerprint density at radius 1 is 1.19 bits per heavy atom. The SMILES string of the molecule is Cc1oc(-c2cccc(F)c2F)nc1CN(CC1CC1)C[C@H]1CCCO1. The summed E-state index contributed by atoms with van der Waals surface area (Å²) < 4.78 is 39.0. The summed E-state index contributed by atoms with van der Waals surface area (Å²) in [6.07, 6.45) is 5.05. The lowest BCUT2D eigenvalue weighted by Gasteiger charge is -2.24. The predicted molar refractivity (Wildman–Crippen MR) is 93.6 cm³/mol. The van der Waals surface area contributed by atoms with E-state index in [1.807, 2.05) is 6.92 Å². The molecule has 1 saturated heterocycles. The Kier molecular flexibility index (Phi) is 5.05. The highest BCUT2D eigenvalue weighted by molar-refractivity contribution is 5.54. The van der Waals surface area contributed by atoms with Gasteiger partial charge >= 0.3 is 0 Å². The molecule has 6 heteroatoms. The molecule has 2 aliphatic rings. The van der Waals surface area contributed by atoms with Crippen molar-refractivity contribution in [3.63, 3.8) is 0 Å². The number of hydrogen-bond acceptors (Lipinski definition) is 4. The number of nitrogens with zero attached hydrogens (tertiary/aromatic N) is 2. The molecule has 0 amide bonds. The first-order valence-electron chi connectivity index (χ1n) is 9.35. The van der Waals surface area contributed by atoms with Gasteiger partial charge in [-0.25, -0.2) is 13.8 Å². The van der Waals surface area contributed by atoms with E-state index in [-0.39, 0.29) is 17.6 Å². The first-order valence-corrected chi connectivity index (χ1v) is 9.35. The highest BCUT2D eigenvalue weighted by Crippen LogP contribution is 2.31. The van der Waals surface area contributed by atoms with E-state index in [4.69, 9.17) is 9.15 Å². The number of aromatic nitrogens is 1. The van der Waals surface area contributed by atoms with Gasteiger partial charge in [0.05, 0.1) is 17.4 Å². The zero-order valence-corrected chi connectivity index (χ0v) is 15.0. The van der Waals surface area contributed by atoms with Gasteiger partial charge in [0, 0.05) is 26.2 Å². The second-order valence-electron chi connectivity index (χ2n) is 7.40. The van der Waals surface area contributed by atoms with Crippen molar-refractivity contribution in [3.8, 4) is 11.5 Å². The van der Waals surface area contributed by atoms with Crippen LogP contribution in [0.25, 0.3) is 11.5 Å². The normalized spacial score (nSPS) is 20.2. The van der Waals surface area contributed by atoms with Crippen molar-refractivity contribution in [1.82, 2.24) is 9.88 Å². The summed E-state index contributed by atoms with van der Waals surface area (Å²) in [5.41, 5.74) is 0.842. The molecule has 140 valence electrons. The summed E-state index contributed by atoms with van der Waals surface area (Å²) in [5.74, 6) is -0.276. The molecule has 0 radical (unpaired) electrons. The van der Waals surface area contributed by atoms with Crippen molar-refractivity contribution in [1.29, 1.82) is 0 Å². The van der Waals surface area contributed by atoms with Gasteiger partial charge in [-0.2, -0.15) is 0 Å². The molecule has 1 saturated carbocycles. The molecule has 26 heavy (non-hydrogen) atoms. The van der Waals surface area contributed by atoms with Gasteiger partial charge in [0.25, 0.3) is 0 Å². The van der Waals surface area contributed by atoms with E-state index in [0.29, 0.717) is 12.3 Å². The number of benzene rings is 1. The van der Waals surface area contributed by atoms with Gasteiger partial charge < -0.3 is 9.15 Å². The number of halogens is 2. The second-order valence-corrected chi connectivity index (χ2v) is 7.40. The monoisotopic (exact) mass is 362 g/mol. The summed E-state index contributed by atoms with van der Waals surface area (Å²) in [6, 6.07) is 4.04. The van der Waals surface area contributed by atoms with Crippen LogP contribution in [0.15, 0.2) is 22.6 Å². The third-order valence-corrected chi connectivity index (χ3v) is 5.15. The molecule has 1 aromatic heterocycles. The standard InChI is InChI=1S/C20H24F2N2O2/c1-13-18(23-20(26-13)16-5-2-6-17(21)19(16)22)12-24(10-14-7-8-14)11-15-4-3-9-25-15/h2,5-6,14-15H,3-4,7-12H2,1H3/t15-/m1/s1. The Morgan fingerprint density at radius 3 is 2.77 bits per heavy atom. The fraction of sp³-hybridized carbons (Fsp3) is 0.550. The maximum absolute atomic E-state index is 14.0. The summed E-state index contributed by atoms with van der Waals surface area (Å²) in [5, 5.41) is 0. The average Bonchev–Trinajstić information content (AvgIpc) is 3.13. The highest BCUT2D eigenvalue weighted by atomic mass is 19.2. The van der Waals surface area contributed by atoms with Crippen LogP contribution in [0.3, 0.4) is 0 Å². The Bertz CT molecular complexity index is 767. The molecule has 0 unspecified atom stereocenters. The van der Waals surface area contributed by atoms with Crippen molar-refractivity contribution < 1.29 is 17.9 Å². The molecule has 2 aromatic rings. The van der Waals surface area contributed by atoms with Crippen LogP contribution in [-0.4, -0.2) is 35.7 Å². The van der Waals surface area contributed by atoms with Gasteiger partial charge in [0.15, 0.2) is 11.6 Å². The van der Waals surface area contributed by atoms with Crippen LogP contribution in [0, 0.1) is 24.5 Å². The number of hydrogen-bond donors (Lipinski definition) is 0. The quantitative estimate of drug-likeness (QED) is 0.735. The van der Waals surface area contributed by atoms with Crippen LogP contribution in [-0.2, 0) is 11.3 Å². The van der Waals surface area contributed by atoms with Crippen LogP contribution >= 0.6 is 0 Å². The molecule has 4 rings (SSSR count). The summed E-state index contributed by atoms with van der Waals surface area (Å²) in [4.78, 5) is 6.83. The minimum absolute atomic E-state index is 0.0622. The van der Waals surface area contributed by atoms with Crippen molar-refractivity contribution in [2.75, 3.05) is 19.7 Å². The van der Waals surface area contributed by atoms with Crippen LogP contribution in [0.2, 0.25) is 0 Å². The molecule has 1 aliphatic heterocycles. The van der Waals surface area contributed by atoms with E-state index < -0.39 is 11.6 Å². The molecular formula is C20H24F2N2O2. The van der Waals surface area contributed by atoms with Crippen LogP contribution in [0.4, 0.5) is 8.78 Å². The lowest BCUT2D eigenvalue weighted by molar-refractivity contribution is 0.0684. The van der Waals surface area contributed by atoms with E-state index in [1.165, 1.54) is 25.0 Å². The first-order chi connectivity index (χ1) is 12.6. The van der Waals surface area contributed by atoms with E-state index >= 15 is 0 Å². The third-order valence-electron chi connectivity index (χ3n) is 5.15. The summed E-state index contributed by atoms with van der Waals surface area (Å²) in [7, 11) is 0. The van der Waals surface area contributed by atoms with E-state index in [0.717, 1.165) is 50.2 Å². The first kappa shape index (κ1) is 17.6. The zero-order valence-electron chi connectivity index (χ0n) is 15.0. The molecular weight excluding hydrogens is 338 g/mol. The maximum Gasteiger partial charge on any atom is 0.229 e. The Hall–Kier alpha value is -1.79. The van der Waals surface area contributed by atoms with E-state index in [9.17, 15) is 8.78 Å². The number of rotatable bonds is 7. The molecule has 1 aliphatic carbocycles. The van der Waals surface area contributed by atoms with E-state index in [1.54, 1.807) is 0 Å². The Labute approximate surface area is 152 Å². The van der Waals surface area contributed by atoms with Crippen LogP contribution in [0.5, 0.6) is 0 Å². The topological polar surface area (TPSA) is 38.5 Å². The summed E-state index contributed by atoms with van der Waals surface area (Å²) >= 11 is 0. The Balaban J connectivity index is 1.52. The molecule has 2 heterocycles. The Morgan fingerprint density at radius 2 is 2.04 bits per heavy atom. The fourth-order valence-corrected chi connectivity index (χ4v) is 3.52. The summed E-state index contributed by atoms with van der Waals surface area (Å²) in [6.45, 7) is 5.21. The largest absolute Gasteiger partial charge is 0.441 e. The van der Waals surface area contributed by atoms with Crippen molar-refractivity contribution in [2.24, 2.45) is 5.92 Å². The van der Waals surface area contributed by atoms with Crippen molar-refractivity contribution in [3.05, 3.63) is 41.3 Å². The van der Waals surface area contributed by atoms with Crippen LogP contribution in [0.1, 0.15) is 37.1 Å². The van der Waals surface area contributed by atoms with Crippen molar-refractivity contribution in [2.45, 2.75) is 45.3 Å². The van der Waals surface area contributed by atoms with Crippen molar-refractivity contribution >= 4 is 0 Å². The average molecular weight is 362 g/mol. The van der Waals surface area contributed by atoms with Gasteiger partial charge in [0.2, 0.25) is 5.89 Å². The van der Waals surface area contributed by atoms with Gasteiger partial charge in [-0.05, 0) is 50.7 Å². The van der Waals surface area contributed by atoms with Crippen LogP contribution < -0.4 is 0 Å². The zero-order chi connectivity index (χ0) is 18.1. The van der Waals surface area contributed by atoms with Gasteiger partial charge in [-0.1, -0.05) is 6.07 Å². The lowest BCUT2D eigenvalue weighted by atomic mass is 10.2. The number of oxazole rings is 1. The molecule has 2 fully saturated rings. The second kappa shape index (κ2) is 7.45. The minimum atomic E-state index is -0.922. The molecule has 0 bridgehead atoms. The van der Waals surface area contributed by atoms with Gasteiger partial charge in [0.1, 0.15) is 5.76 Å². The molecule has 1 aromatic carbocycles. The number of aryl methyl sites for hydroxylation is 1. The molecule has 1 atom stereocenters. The van der Waals surface area contributed by atoms with Gasteiger partial charge in [-0.15, -0.1) is 0 Å². The van der Waals surface area contributed by atoms with Gasteiger partial charge in [-0.3, -0.25) is 4.90 Å². The minimum Gasteiger partial charge on any atom is -0.441 e. The molecule has 4 nitrogen and oxygen atoms in total. The molecule has 0 spiro atoms. The van der Waals surface area contributed by atoms with E-state index in [2.05, 4.69) is 9.88 Å². The fourth-order valence-electron chi connectivity index (χ4n) is 3.52. The third kappa shape index (κ3) is 3.96. The predicted octanol–water partition coefficient (Wildman–Crippen LogP) is 4.32. The smallest absolute Gasteiger partial charge is 0.229 e. The molecule has 0 N–H and O–H groups in total.